The van der Waals surface area contributed by atoms with Gasteiger partial charge >= 0.3 is 5.97 Å². The molecule has 1 fully saturated rings. The first-order valence-electron chi connectivity index (χ1n) is 6.86. The maximum absolute atomic E-state index is 13.9. The molecule has 2 rings (SSSR count). The molecule has 0 radical (unpaired) electrons. The topological polar surface area (TPSA) is 82.5 Å². The van der Waals surface area contributed by atoms with Crippen LogP contribution in [0.3, 0.4) is 0 Å². The van der Waals surface area contributed by atoms with Crippen molar-refractivity contribution in [3.8, 4) is 0 Å². The first-order valence-corrected chi connectivity index (χ1v) is 6.86. The quantitative estimate of drug-likeness (QED) is 0.739. The fraction of sp³-hybridized carbons (Fsp3) is 0.571. The smallest absolute Gasteiger partial charge is 0.338 e. The average Bonchev–Trinajstić information content (AvgIpc) is 2.63. The number of nitrogens with zero attached hydrogens (tertiary/aromatic N) is 1. The molecular weight excluding hydrogens is 263 g/mol. The fourth-order valence-corrected chi connectivity index (χ4v) is 2.54. The van der Waals surface area contributed by atoms with E-state index in [1.54, 1.807) is 0 Å². The molecule has 0 saturated heterocycles. The molecule has 0 atom stereocenters. The summed E-state index contributed by atoms with van der Waals surface area (Å²) in [4.78, 5) is 14.6. The molecule has 0 amide bonds. The molecule has 1 saturated carbocycles. The van der Waals surface area contributed by atoms with Gasteiger partial charge in [-0.2, -0.15) is 0 Å². The summed E-state index contributed by atoms with van der Waals surface area (Å²) in [7, 11) is 0. The van der Waals surface area contributed by atoms with Gasteiger partial charge in [-0.15, -0.1) is 0 Å². The van der Waals surface area contributed by atoms with Crippen LogP contribution in [-0.2, 0) is 0 Å². The summed E-state index contributed by atoms with van der Waals surface area (Å²) in [6.45, 7) is 0.181. The Bertz CT molecular complexity index is 485. The number of aromatic nitrogens is 1. The van der Waals surface area contributed by atoms with Crippen LogP contribution in [0.5, 0.6) is 0 Å². The molecule has 6 heteroatoms. The van der Waals surface area contributed by atoms with Gasteiger partial charge < -0.3 is 15.5 Å². The van der Waals surface area contributed by atoms with E-state index in [4.69, 9.17) is 5.11 Å². The highest BCUT2D eigenvalue weighted by molar-refractivity contribution is 5.88. The van der Waals surface area contributed by atoms with Crippen molar-refractivity contribution >= 4 is 11.8 Å². The number of nitrogens with one attached hydrogen (secondary N) is 1. The maximum Gasteiger partial charge on any atom is 0.338 e. The average molecular weight is 282 g/mol. The number of anilines is 1. The van der Waals surface area contributed by atoms with E-state index < -0.39 is 23.0 Å². The number of carboxylic acids is 1. The van der Waals surface area contributed by atoms with Gasteiger partial charge in [0.1, 0.15) is 5.56 Å². The lowest BCUT2D eigenvalue weighted by Gasteiger charge is -2.27. The molecule has 0 unspecified atom stereocenters. The number of carboxylic acid groups (broad SMARTS) is 1. The second-order valence-electron chi connectivity index (χ2n) is 5.32. The third-order valence-electron chi connectivity index (χ3n) is 3.74. The third-order valence-corrected chi connectivity index (χ3v) is 3.74. The van der Waals surface area contributed by atoms with Gasteiger partial charge in [-0.05, 0) is 18.9 Å². The van der Waals surface area contributed by atoms with Crippen LogP contribution in [0.4, 0.5) is 10.2 Å². The normalized spacial score (nSPS) is 18.3. The van der Waals surface area contributed by atoms with Crippen LogP contribution in [-0.4, -0.2) is 33.3 Å². The van der Waals surface area contributed by atoms with Gasteiger partial charge in [0.15, 0.2) is 11.6 Å². The Morgan fingerprint density at radius 2 is 2.00 bits per heavy atom. The minimum atomic E-state index is -1.33. The van der Waals surface area contributed by atoms with E-state index >= 15 is 0 Å². The molecule has 3 N–H and O–H groups in total. The van der Waals surface area contributed by atoms with Crippen molar-refractivity contribution in [2.24, 2.45) is 0 Å². The molecular formula is C14H19FN2O3. The Morgan fingerprint density at radius 1 is 1.35 bits per heavy atom. The standard InChI is InChI=1S/C14H19FN2O3/c15-11-10(13(18)19)5-8-16-12(11)17-9-14(20)6-3-1-2-4-7-14/h5,8,20H,1-4,6-7,9H2,(H,16,17)(H,18,19). The highest BCUT2D eigenvalue weighted by Gasteiger charge is 2.28. The largest absolute Gasteiger partial charge is 0.478 e. The minimum absolute atomic E-state index is 0.123. The Morgan fingerprint density at radius 3 is 2.60 bits per heavy atom. The summed E-state index contributed by atoms with van der Waals surface area (Å²) in [6, 6.07) is 1.11. The van der Waals surface area contributed by atoms with Crippen molar-refractivity contribution in [1.82, 2.24) is 4.98 Å². The SMILES string of the molecule is O=C(O)c1ccnc(NCC2(O)CCCCCC2)c1F. The van der Waals surface area contributed by atoms with Gasteiger partial charge in [0.25, 0.3) is 0 Å². The lowest BCUT2D eigenvalue weighted by Crippen LogP contribution is -2.36. The zero-order valence-corrected chi connectivity index (χ0v) is 11.2. The summed E-state index contributed by atoms with van der Waals surface area (Å²) < 4.78 is 13.9. The van der Waals surface area contributed by atoms with Crippen LogP contribution in [0.25, 0.3) is 0 Å². The van der Waals surface area contributed by atoms with E-state index in [2.05, 4.69) is 10.3 Å². The van der Waals surface area contributed by atoms with E-state index in [1.165, 1.54) is 6.20 Å². The van der Waals surface area contributed by atoms with Gasteiger partial charge in [0.2, 0.25) is 0 Å². The molecule has 0 spiro atoms. The lowest BCUT2D eigenvalue weighted by atomic mass is 9.94. The first kappa shape index (κ1) is 14.7. The second kappa shape index (κ2) is 6.17. The molecule has 1 aromatic rings. The Balaban J connectivity index is 2.07. The van der Waals surface area contributed by atoms with E-state index in [9.17, 15) is 14.3 Å². The van der Waals surface area contributed by atoms with Crippen LogP contribution in [0.15, 0.2) is 12.3 Å². The van der Waals surface area contributed by atoms with Crippen molar-refractivity contribution in [3.63, 3.8) is 0 Å². The van der Waals surface area contributed by atoms with Crippen molar-refractivity contribution in [2.75, 3.05) is 11.9 Å². The molecule has 110 valence electrons. The van der Waals surface area contributed by atoms with E-state index in [0.29, 0.717) is 12.8 Å². The highest BCUT2D eigenvalue weighted by atomic mass is 19.1. The summed E-state index contributed by atoms with van der Waals surface area (Å²) in [6.07, 6.45) is 6.67. The predicted molar refractivity (Wildman–Crippen MR) is 72.3 cm³/mol. The third kappa shape index (κ3) is 3.45. The van der Waals surface area contributed by atoms with Crippen LogP contribution in [0.1, 0.15) is 48.9 Å². The Kier molecular flexibility index (Phi) is 4.54. The van der Waals surface area contributed by atoms with Gasteiger partial charge in [-0.25, -0.2) is 14.2 Å². The monoisotopic (exact) mass is 282 g/mol. The Hall–Kier alpha value is -1.69. The van der Waals surface area contributed by atoms with Crippen molar-refractivity contribution in [2.45, 2.75) is 44.1 Å². The molecule has 0 aliphatic heterocycles. The maximum atomic E-state index is 13.9. The zero-order valence-electron chi connectivity index (χ0n) is 11.2. The number of hydrogen-bond donors (Lipinski definition) is 3. The highest BCUT2D eigenvalue weighted by Crippen LogP contribution is 2.27. The lowest BCUT2D eigenvalue weighted by molar-refractivity contribution is 0.0380. The molecule has 0 bridgehead atoms. The van der Waals surface area contributed by atoms with Crippen LogP contribution in [0.2, 0.25) is 0 Å². The van der Waals surface area contributed by atoms with Crippen LogP contribution in [0, 0.1) is 5.82 Å². The first-order chi connectivity index (χ1) is 9.52. The van der Waals surface area contributed by atoms with Gasteiger partial charge in [-0.3, -0.25) is 0 Å². The zero-order chi connectivity index (χ0) is 14.6. The van der Waals surface area contributed by atoms with Crippen molar-refractivity contribution in [3.05, 3.63) is 23.6 Å². The second-order valence-corrected chi connectivity index (χ2v) is 5.32. The predicted octanol–water partition coefficient (Wildman–Crippen LogP) is 2.42. The van der Waals surface area contributed by atoms with E-state index in [0.717, 1.165) is 31.7 Å². The van der Waals surface area contributed by atoms with Crippen LogP contribution < -0.4 is 5.32 Å². The number of aliphatic hydroxyl groups is 1. The Labute approximate surface area is 116 Å². The van der Waals surface area contributed by atoms with Crippen LogP contribution >= 0.6 is 0 Å². The summed E-state index contributed by atoms with van der Waals surface area (Å²) >= 11 is 0. The molecule has 1 heterocycles. The summed E-state index contributed by atoms with van der Waals surface area (Å²) in [5, 5.41) is 22.0. The molecule has 5 nitrogen and oxygen atoms in total. The molecule has 1 aromatic heterocycles. The van der Waals surface area contributed by atoms with E-state index in [-0.39, 0.29) is 12.4 Å². The number of pyridine rings is 1. The molecule has 1 aliphatic rings. The van der Waals surface area contributed by atoms with Gasteiger partial charge in [0, 0.05) is 12.7 Å². The number of aromatic carboxylic acids is 1. The van der Waals surface area contributed by atoms with E-state index in [1.807, 2.05) is 0 Å². The fourth-order valence-electron chi connectivity index (χ4n) is 2.54. The summed E-state index contributed by atoms with van der Waals surface area (Å²) in [5.41, 5.74) is -1.29. The number of hydrogen-bond acceptors (Lipinski definition) is 4. The minimum Gasteiger partial charge on any atom is -0.478 e. The van der Waals surface area contributed by atoms with Gasteiger partial charge in [0.05, 0.1) is 5.60 Å². The molecule has 0 aromatic carbocycles. The number of rotatable bonds is 4. The van der Waals surface area contributed by atoms with Gasteiger partial charge in [-0.1, -0.05) is 25.7 Å². The van der Waals surface area contributed by atoms with Crippen molar-refractivity contribution in [1.29, 1.82) is 0 Å². The van der Waals surface area contributed by atoms with Crippen molar-refractivity contribution < 1.29 is 19.4 Å². The molecule has 20 heavy (non-hydrogen) atoms. The molecule has 1 aliphatic carbocycles. The number of carbonyl (C=O) groups is 1. The summed E-state index contributed by atoms with van der Waals surface area (Å²) in [5.74, 6) is -2.35. The number of halogens is 1.